The summed E-state index contributed by atoms with van der Waals surface area (Å²) < 4.78 is 10.6. The molecule has 0 radical (unpaired) electrons. The maximum absolute atomic E-state index is 12.1. The summed E-state index contributed by atoms with van der Waals surface area (Å²) in [7, 11) is 1.45. The molecule has 0 bridgehead atoms. The first kappa shape index (κ1) is 19.6. The molecule has 0 saturated heterocycles. The molecule has 0 aliphatic carbocycles. The minimum absolute atomic E-state index is 0.0373. The number of rotatable bonds is 6. The number of nitrogens with zero attached hydrogens (tertiary/aromatic N) is 2. The molecular weight excluding hydrogens is 378 g/mol. The van der Waals surface area contributed by atoms with Gasteiger partial charge in [-0.25, -0.2) is 5.43 Å². The van der Waals surface area contributed by atoms with Crippen molar-refractivity contribution in [3.63, 3.8) is 0 Å². The average Bonchev–Trinajstić information content (AvgIpc) is 3.16. The van der Waals surface area contributed by atoms with Crippen LogP contribution in [0.3, 0.4) is 0 Å². The van der Waals surface area contributed by atoms with Gasteiger partial charge >= 0.3 is 0 Å². The summed E-state index contributed by atoms with van der Waals surface area (Å²) in [4.78, 5) is 22.6. The number of nitro benzene ring substituents is 1. The smallest absolute Gasteiger partial charge is 0.275 e. The Kier molecular flexibility index (Phi) is 5.59. The molecule has 1 aromatic heterocycles. The normalized spacial score (nSPS) is 10.8. The Morgan fingerprint density at radius 1 is 1.24 bits per heavy atom. The van der Waals surface area contributed by atoms with E-state index in [0.29, 0.717) is 22.8 Å². The van der Waals surface area contributed by atoms with Crippen LogP contribution in [0.25, 0.3) is 11.3 Å². The predicted molar refractivity (Wildman–Crippen MR) is 105 cm³/mol. The van der Waals surface area contributed by atoms with Gasteiger partial charge in [-0.3, -0.25) is 14.9 Å². The number of hydrogen-bond acceptors (Lipinski definition) is 7. The number of furan rings is 1. The van der Waals surface area contributed by atoms with Crippen LogP contribution in [-0.4, -0.2) is 29.3 Å². The lowest BCUT2D eigenvalue weighted by Gasteiger charge is -2.05. The zero-order valence-corrected chi connectivity index (χ0v) is 15.6. The summed E-state index contributed by atoms with van der Waals surface area (Å²) >= 11 is 0. The number of phenols is 1. The fourth-order valence-electron chi connectivity index (χ4n) is 2.60. The number of phenolic OH excluding ortho intramolecular Hbond substituents is 1. The average molecular weight is 395 g/mol. The highest BCUT2D eigenvalue weighted by molar-refractivity contribution is 5.97. The molecule has 3 aromatic rings. The number of hydrazone groups is 1. The van der Waals surface area contributed by atoms with E-state index < -0.39 is 10.8 Å². The van der Waals surface area contributed by atoms with E-state index >= 15 is 0 Å². The zero-order valence-electron chi connectivity index (χ0n) is 15.6. The lowest BCUT2D eigenvalue weighted by molar-refractivity contribution is -0.384. The molecule has 0 spiro atoms. The lowest BCUT2D eigenvalue weighted by atomic mass is 10.1. The van der Waals surface area contributed by atoms with Gasteiger partial charge in [-0.1, -0.05) is 6.07 Å². The topological polar surface area (TPSA) is 127 Å². The molecule has 9 heteroatoms. The van der Waals surface area contributed by atoms with Gasteiger partial charge < -0.3 is 14.3 Å². The lowest BCUT2D eigenvalue weighted by Crippen LogP contribution is -2.17. The van der Waals surface area contributed by atoms with Crippen LogP contribution in [0, 0.1) is 17.0 Å². The van der Waals surface area contributed by atoms with E-state index in [9.17, 15) is 20.0 Å². The van der Waals surface area contributed by atoms with E-state index in [4.69, 9.17) is 9.15 Å². The number of amides is 1. The number of nitro groups is 1. The monoisotopic (exact) mass is 395 g/mol. The molecule has 2 N–H and O–H groups in total. The number of non-ortho nitro benzene ring substituents is 1. The Bertz CT molecular complexity index is 1100. The molecule has 0 aliphatic rings. The van der Waals surface area contributed by atoms with E-state index in [1.807, 2.05) is 6.92 Å². The van der Waals surface area contributed by atoms with Gasteiger partial charge in [0.15, 0.2) is 0 Å². The second kappa shape index (κ2) is 8.26. The Morgan fingerprint density at radius 3 is 2.72 bits per heavy atom. The van der Waals surface area contributed by atoms with Crippen LogP contribution in [0.15, 0.2) is 58.0 Å². The highest BCUT2D eigenvalue weighted by Crippen LogP contribution is 2.29. The first-order valence-corrected chi connectivity index (χ1v) is 8.44. The van der Waals surface area contributed by atoms with E-state index in [2.05, 4.69) is 10.5 Å². The Labute approximate surface area is 165 Å². The fourth-order valence-corrected chi connectivity index (χ4v) is 2.60. The molecule has 0 aliphatic heterocycles. The fraction of sp³-hybridized carbons (Fsp3) is 0.100. The van der Waals surface area contributed by atoms with Crippen LogP contribution >= 0.6 is 0 Å². The maximum atomic E-state index is 12.1. The first-order chi connectivity index (χ1) is 13.9. The first-order valence-electron chi connectivity index (χ1n) is 8.44. The van der Waals surface area contributed by atoms with Crippen molar-refractivity contribution >= 4 is 17.8 Å². The minimum Gasteiger partial charge on any atom is -0.507 e. The quantitative estimate of drug-likeness (QED) is 0.373. The number of aromatic hydroxyl groups is 1. The summed E-state index contributed by atoms with van der Waals surface area (Å²) in [5.74, 6) is 0.347. The van der Waals surface area contributed by atoms with Crippen LogP contribution in [0.5, 0.6) is 11.5 Å². The minimum atomic E-state index is -0.609. The molecule has 1 amide bonds. The van der Waals surface area contributed by atoms with Crippen LogP contribution in [0.4, 0.5) is 5.69 Å². The second-order valence-electron chi connectivity index (χ2n) is 6.04. The summed E-state index contributed by atoms with van der Waals surface area (Å²) in [5, 5.41) is 24.6. The van der Waals surface area contributed by atoms with Crippen LogP contribution in [0.1, 0.15) is 21.7 Å². The third-order valence-corrected chi connectivity index (χ3v) is 4.13. The number of benzene rings is 2. The summed E-state index contributed by atoms with van der Waals surface area (Å²) in [5.41, 5.74) is 3.70. The Hall–Kier alpha value is -4.14. The third kappa shape index (κ3) is 4.41. The number of aryl methyl sites for hydroxylation is 1. The van der Waals surface area contributed by atoms with Crippen LogP contribution in [0.2, 0.25) is 0 Å². The SMILES string of the molecule is COc1ccc(C(=O)N/N=C\c2ccc(-c3cc([N+](=O)[O-])ccc3C)o2)c(O)c1. The largest absolute Gasteiger partial charge is 0.507 e. The molecule has 2 aromatic carbocycles. The molecule has 0 saturated carbocycles. The molecule has 1 heterocycles. The van der Waals surface area contributed by atoms with Gasteiger partial charge in [-0.05, 0) is 36.8 Å². The Balaban J connectivity index is 1.72. The van der Waals surface area contributed by atoms with Gasteiger partial charge in [0.2, 0.25) is 0 Å². The van der Waals surface area contributed by atoms with E-state index in [0.717, 1.165) is 5.56 Å². The molecule has 0 unspecified atom stereocenters. The zero-order chi connectivity index (χ0) is 21.0. The van der Waals surface area contributed by atoms with Crippen LogP contribution in [-0.2, 0) is 0 Å². The second-order valence-corrected chi connectivity index (χ2v) is 6.04. The number of carbonyl (C=O) groups is 1. The van der Waals surface area contributed by atoms with Gasteiger partial charge in [-0.15, -0.1) is 0 Å². The van der Waals surface area contributed by atoms with Crippen molar-refractivity contribution in [3.8, 4) is 22.8 Å². The van der Waals surface area contributed by atoms with Crippen molar-refractivity contribution in [3.05, 3.63) is 75.5 Å². The van der Waals surface area contributed by atoms with Gasteiger partial charge in [0.1, 0.15) is 23.0 Å². The number of hydrogen-bond donors (Lipinski definition) is 2. The molecule has 148 valence electrons. The maximum Gasteiger partial charge on any atom is 0.275 e. The van der Waals surface area contributed by atoms with Gasteiger partial charge in [0.25, 0.3) is 11.6 Å². The van der Waals surface area contributed by atoms with Crippen molar-refractivity contribution in [2.45, 2.75) is 6.92 Å². The number of ether oxygens (including phenoxy) is 1. The highest BCUT2D eigenvalue weighted by atomic mass is 16.6. The Morgan fingerprint density at radius 2 is 2.03 bits per heavy atom. The van der Waals surface area contributed by atoms with Crippen molar-refractivity contribution in [2.24, 2.45) is 5.10 Å². The molecule has 0 fully saturated rings. The summed E-state index contributed by atoms with van der Waals surface area (Å²) in [6, 6.07) is 12.0. The summed E-state index contributed by atoms with van der Waals surface area (Å²) in [6.07, 6.45) is 1.29. The van der Waals surface area contributed by atoms with E-state index in [1.54, 1.807) is 24.3 Å². The molecular formula is C20H17N3O6. The van der Waals surface area contributed by atoms with Crippen molar-refractivity contribution in [1.82, 2.24) is 5.43 Å². The molecule has 0 atom stereocenters. The molecule has 29 heavy (non-hydrogen) atoms. The standard InChI is InChI=1S/C20H17N3O6/c1-12-3-4-13(23(26)27)9-17(12)19-8-6-15(29-19)11-21-22-20(25)16-7-5-14(28-2)10-18(16)24/h3-11,24H,1-2H3,(H,22,25)/b21-11-. The van der Waals surface area contributed by atoms with Gasteiger partial charge in [0.05, 0.1) is 23.8 Å². The third-order valence-electron chi connectivity index (χ3n) is 4.13. The molecule has 3 rings (SSSR count). The van der Waals surface area contributed by atoms with E-state index in [-0.39, 0.29) is 17.0 Å². The highest BCUT2D eigenvalue weighted by Gasteiger charge is 2.14. The van der Waals surface area contributed by atoms with Crippen molar-refractivity contribution in [2.75, 3.05) is 7.11 Å². The van der Waals surface area contributed by atoms with Crippen molar-refractivity contribution in [1.29, 1.82) is 0 Å². The number of methoxy groups -OCH3 is 1. The summed E-state index contributed by atoms with van der Waals surface area (Å²) in [6.45, 7) is 1.82. The number of nitrogens with one attached hydrogen (secondary N) is 1. The predicted octanol–water partition coefficient (Wildman–Crippen LogP) is 3.64. The number of carbonyl (C=O) groups excluding carboxylic acids is 1. The van der Waals surface area contributed by atoms with E-state index in [1.165, 1.54) is 37.6 Å². The van der Waals surface area contributed by atoms with Gasteiger partial charge in [-0.2, -0.15) is 5.10 Å². The molecule has 9 nitrogen and oxygen atoms in total. The van der Waals surface area contributed by atoms with Crippen molar-refractivity contribution < 1.29 is 24.0 Å². The van der Waals surface area contributed by atoms with Crippen LogP contribution < -0.4 is 10.2 Å². The van der Waals surface area contributed by atoms with Gasteiger partial charge in [0, 0.05) is 23.8 Å².